The first-order chi connectivity index (χ1) is 18.9. The maximum Gasteiger partial charge on any atom is 0.145 e. The molecule has 0 spiro atoms. The second-order valence-electron chi connectivity index (χ2n) is 11.5. The molecule has 0 amide bonds. The van der Waals surface area contributed by atoms with Gasteiger partial charge in [-0.25, -0.2) is 13.2 Å². The largest absolute Gasteiger partial charge is 0.207 e. The fourth-order valence-corrected chi connectivity index (χ4v) is 6.13. The summed E-state index contributed by atoms with van der Waals surface area (Å²) >= 11 is 5.55. The Bertz CT molecular complexity index is 1160. The van der Waals surface area contributed by atoms with Crippen LogP contribution in [0.3, 0.4) is 0 Å². The van der Waals surface area contributed by atoms with Crippen molar-refractivity contribution >= 4 is 11.6 Å². The summed E-state index contributed by atoms with van der Waals surface area (Å²) in [5, 5.41) is -0.500. The van der Waals surface area contributed by atoms with Crippen LogP contribution in [0.5, 0.6) is 0 Å². The third kappa shape index (κ3) is 8.87. The molecular weight excluding hydrogens is 513 g/mol. The zero-order valence-electron chi connectivity index (χ0n) is 23.3. The number of hydrogen-bond acceptors (Lipinski definition) is 0. The van der Waals surface area contributed by atoms with Crippen LogP contribution < -0.4 is 0 Å². The monoisotopic (exact) mass is 554 g/mol. The predicted molar refractivity (Wildman–Crippen MR) is 157 cm³/mol. The fourth-order valence-electron chi connectivity index (χ4n) is 6.02. The molecule has 3 aromatic carbocycles. The molecule has 0 aromatic heterocycles. The molecular formula is C35H42ClF3. The molecule has 0 aliphatic heterocycles. The lowest BCUT2D eigenvalue weighted by molar-refractivity contribution is 0.310. The van der Waals surface area contributed by atoms with Crippen LogP contribution in [0.2, 0.25) is 5.02 Å². The predicted octanol–water partition coefficient (Wildman–Crippen LogP) is 11.0. The minimum absolute atomic E-state index is 0.240. The van der Waals surface area contributed by atoms with Gasteiger partial charge in [0.15, 0.2) is 0 Å². The SMILES string of the molecule is CCCCCCCc1ccc(C2CCC(CCc3ccc(CCc4cc(F)c(Cl)c(F)c4)c(F)c3)CC2)cc1. The van der Waals surface area contributed by atoms with Crippen LogP contribution >= 0.6 is 11.6 Å². The molecule has 0 nitrogen and oxygen atoms in total. The van der Waals surface area contributed by atoms with Gasteiger partial charge in [0.2, 0.25) is 0 Å². The zero-order chi connectivity index (χ0) is 27.6. The van der Waals surface area contributed by atoms with E-state index in [2.05, 4.69) is 31.2 Å². The van der Waals surface area contributed by atoms with Crippen molar-refractivity contribution in [3.8, 4) is 0 Å². The lowest BCUT2D eigenvalue weighted by atomic mass is 9.76. The molecule has 210 valence electrons. The molecule has 4 heteroatoms. The summed E-state index contributed by atoms with van der Waals surface area (Å²) in [4.78, 5) is 0. The number of unbranched alkanes of at least 4 members (excludes halogenated alkanes) is 4. The highest BCUT2D eigenvalue weighted by Crippen LogP contribution is 2.37. The first kappa shape index (κ1) is 29.7. The minimum Gasteiger partial charge on any atom is -0.207 e. The van der Waals surface area contributed by atoms with Crippen molar-refractivity contribution in [1.29, 1.82) is 0 Å². The molecule has 0 atom stereocenters. The highest BCUT2D eigenvalue weighted by molar-refractivity contribution is 6.30. The van der Waals surface area contributed by atoms with E-state index in [1.807, 2.05) is 12.1 Å². The maximum absolute atomic E-state index is 14.8. The number of rotatable bonds is 13. The molecule has 0 unspecified atom stereocenters. The van der Waals surface area contributed by atoms with Crippen molar-refractivity contribution < 1.29 is 13.2 Å². The molecule has 4 rings (SSSR count). The Morgan fingerprint density at radius 1 is 0.641 bits per heavy atom. The number of aryl methyl sites for hydroxylation is 4. The molecule has 0 bridgehead atoms. The first-order valence-corrected chi connectivity index (χ1v) is 15.3. The van der Waals surface area contributed by atoms with Gasteiger partial charge in [-0.3, -0.25) is 0 Å². The van der Waals surface area contributed by atoms with Crippen LogP contribution in [-0.2, 0) is 25.7 Å². The van der Waals surface area contributed by atoms with Crippen LogP contribution in [0.25, 0.3) is 0 Å². The van der Waals surface area contributed by atoms with Gasteiger partial charge in [-0.15, -0.1) is 0 Å². The van der Waals surface area contributed by atoms with Crippen LogP contribution in [0.15, 0.2) is 54.6 Å². The summed E-state index contributed by atoms with van der Waals surface area (Å²) in [5.41, 5.74) is 5.02. The standard InChI is InChI=1S/C35H42ClF3/c1-2-3-4-5-6-7-25-10-16-29(17-11-25)30-18-12-26(13-19-30)8-9-27-14-20-31(32(37)22-27)21-15-28-23-33(38)35(36)34(39)24-28/h10-11,14,16-17,20,22-24,26,30H,2-9,12-13,15,18-19,21H2,1H3. The molecule has 1 aliphatic rings. The van der Waals surface area contributed by atoms with Crippen molar-refractivity contribution in [1.82, 2.24) is 0 Å². The molecule has 1 aliphatic carbocycles. The van der Waals surface area contributed by atoms with E-state index in [0.717, 1.165) is 18.4 Å². The zero-order valence-corrected chi connectivity index (χ0v) is 24.0. The van der Waals surface area contributed by atoms with Gasteiger partial charge in [-0.1, -0.05) is 80.6 Å². The maximum atomic E-state index is 14.8. The van der Waals surface area contributed by atoms with E-state index in [9.17, 15) is 13.2 Å². The summed E-state index contributed by atoms with van der Waals surface area (Å²) in [6.07, 6.45) is 15.5. The van der Waals surface area contributed by atoms with Gasteiger partial charge in [0.1, 0.15) is 22.5 Å². The van der Waals surface area contributed by atoms with Crippen LogP contribution in [-0.4, -0.2) is 0 Å². The summed E-state index contributed by atoms with van der Waals surface area (Å²) in [7, 11) is 0. The smallest absolute Gasteiger partial charge is 0.145 e. The van der Waals surface area contributed by atoms with Gasteiger partial charge in [-0.05, 0) is 122 Å². The lowest BCUT2D eigenvalue weighted by Gasteiger charge is -2.29. The Morgan fingerprint density at radius 2 is 1.28 bits per heavy atom. The van der Waals surface area contributed by atoms with Gasteiger partial charge in [-0.2, -0.15) is 0 Å². The fraction of sp³-hybridized carbons (Fsp3) is 0.486. The lowest BCUT2D eigenvalue weighted by Crippen LogP contribution is -2.14. The highest BCUT2D eigenvalue weighted by Gasteiger charge is 2.22. The molecule has 0 radical (unpaired) electrons. The summed E-state index contributed by atoms with van der Waals surface area (Å²) in [5.74, 6) is -0.438. The van der Waals surface area contributed by atoms with E-state index in [-0.39, 0.29) is 5.82 Å². The molecule has 1 saturated carbocycles. The average molecular weight is 555 g/mol. The van der Waals surface area contributed by atoms with Crippen LogP contribution in [0, 0.1) is 23.4 Å². The number of halogens is 4. The molecule has 0 N–H and O–H groups in total. The van der Waals surface area contributed by atoms with Gasteiger partial charge in [0.05, 0.1) is 0 Å². The Kier molecular flexibility index (Phi) is 11.4. The first-order valence-electron chi connectivity index (χ1n) is 14.9. The van der Waals surface area contributed by atoms with E-state index in [1.54, 1.807) is 6.07 Å². The van der Waals surface area contributed by atoms with Crippen molar-refractivity contribution in [3.63, 3.8) is 0 Å². The summed E-state index contributed by atoms with van der Waals surface area (Å²) in [6, 6.07) is 17.3. The van der Waals surface area contributed by atoms with E-state index in [0.29, 0.717) is 35.8 Å². The van der Waals surface area contributed by atoms with E-state index < -0.39 is 16.7 Å². The van der Waals surface area contributed by atoms with Crippen molar-refractivity contribution in [3.05, 3.63) is 105 Å². The summed E-state index contributed by atoms with van der Waals surface area (Å²) in [6.45, 7) is 2.26. The Morgan fingerprint density at radius 3 is 1.95 bits per heavy atom. The van der Waals surface area contributed by atoms with E-state index in [1.165, 1.54) is 87.5 Å². The quantitative estimate of drug-likeness (QED) is 0.145. The second kappa shape index (κ2) is 14.9. The molecule has 39 heavy (non-hydrogen) atoms. The van der Waals surface area contributed by atoms with Gasteiger partial charge >= 0.3 is 0 Å². The molecule has 1 fully saturated rings. The average Bonchev–Trinajstić information content (AvgIpc) is 2.95. The molecule has 0 heterocycles. The third-order valence-corrected chi connectivity index (χ3v) is 8.91. The second-order valence-corrected chi connectivity index (χ2v) is 11.8. The van der Waals surface area contributed by atoms with Gasteiger partial charge in [0, 0.05) is 0 Å². The number of hydrogen-bond donors (Lipinski definition) is 0. The van der Waals surface area contributed by atoms with Gasteiger partial charge in [0.25, 0.3) is 0 Å². The Labute approximate surface area is 238 Å². The van der Waals surface area contributed by atoms with E-state index >= 15 is 0 Å². The Balaban J connectivity index is 1.19. The molecule has 0 saturated heterocycles. The Hall–Kier alpha value is -2.26. The topological polar surface area (TPSA) is 0 Å². The van der Waals surface area contributed by atoms with Crippen molar-refractivity contribution in [2.75, 3.05) is 0 Å². The number of benzene rings is 3. The molecule has 3 aromatic rings. The van der Waals surface area contributed by atoms with Crippen molar-refractivity contribution in [2.45, 2.75) is 103 Å². The van der Waals surface area contributed by atoms with E-state index in [4.69, 9.17) is 11.6 Å². The van der Waals surface area contributed by atoms with Crippen molar-refractivity contribution in [2.24, 2.45) is 5.92 Å². The highest BCUT2D eigenvalue weighted by atomic mass is 35.5. The summed E-state index contributed by atoms with van der Waals surface area (Å²) < 4.78 is 42.1. The van der Waals surface area contributed by atoms with Crippen LogP contribution in [0.1, 0.15) is 105 Å². The van der Waals surface area contributed by atoms with Crippen LogP contribution in [0.4, 0.5) is 13.2 Å². The van der Waals surface area contributed by atoms with Gasteiger partial charge < -0.3 is 0 Å². The third-order valence-electron chi connectivity index (χ3n) is 8.55. The minimum atomic E-state index is -0.780. The normalized spacial score (nSPS) is 17.5.